The van der Waals surface area contributed by atoms with E-state index in [2.05, 4.69) is 31.9 Å². The lowest BCUT2D eigenvalue weighted by Gasteiger charge is -2.32. The minimum atomic E-state index is 0.0693. The molecule has 0 radical (unpaired) electrons. The first-order valence-corrected chi connectivity index (χ1v) is 6.90. The van der Waals surface area contributed by atoms with Crippen LogP contribution in [0.1, 0.15) is 23.3 Å². The van der Waals surface area contributed by atoms with Gasteiger partial charge in [-0.1, -0.05) is 5.16 Å². The monoisotopic (exact) mass is 265 g/mol. The number of rotatable bonds is 3. The summed E-state index contributed by atoms with van der Waals surface area (Å²) < 4.78 is 10.8. The molecule has 2 aromatic heterocycles. The van der Waals surface area contributed by atoms with Crippen LogP contribution in [0.3, 0.4) is 0 Å². The van der Waals surface area contributed by atoms with Gasteiger partial charge in [0.25, 0.3) is 0 Å². The standard InChI is InChI=1S/C12H15N3O2S/c1-9-13-12(17-14-9)11-7-16-4-3-15(11)6-10-2-5-18-8-10/h2,5,8,11H,3-4,6-7H2,1H3/t11-/m0/s1. The molecule has 1 atom stereocenters. The maximum absolute atomic E-state index is 5.53. The molecule has 3 rings (SSSR count). The summed E-state index contributed by atoms with van der Waals surface area (Å²) in [6.07, 6.45) is 0. The molecule has 1 aliphatic rings. The Morgan fingerprint density at radius 1 is 1.56 bits per heavy atom. The molecule has 0 aromatic carbocycles. The molecular formula is C12H15N3O2S. The highest BCUT2D eigenvalue weighted by molar-refractivity contribution is 7.07. The molecule has 18 heavy (non-hydrogen) atoms. The molecular weight excluding hydrogens is 250 g/mol. The molecule has 1 saturated heterocycles. The second-order valence-corrected chi connectivity index (χ2v) is 5.15. The van der Waals surface area contributed by atoms with E-state index in [0.29, 0.717) is 18.3 Å². The van der Waals surface area contributed by atoms with Crippen molar-refractivity contribution in [1.29, 1.82) is 0 Å². The molecule has 0 aliphatic carbocycles. The van der Waals surface area contributed by atoms with Crippen LogP contribution < -0.4 is 0 Å². The third kappa shape index (κ3) is 2.45. The molecule has 1 fully saturated rings. The van der Waals surface area contributed by atoms with Crippen LogP contribution in [-0.4, -0.2) is 34.8 Å². The van der Waals surface area contributed by atoms with Crippen LogP contribution in [0, 0.1) is 6.92 Å². The van der Waals surface area contributed by atoms with Gasteiger partial charge in [-0.2, -0.15) is 16.3 Å². The fourth-order valence-corrected chi connectivity index (χ4v) is 2.78. The smallest absolute Gasteiger partial charge is 0.246 e. The molecule has 2 aromatic rings. The van der Waals surface area contributed by atoms with Gasteiger partial charge in [0.2, 0.25) is 5.89 Å². The van der Waals surface area contributed by atoms with Crippen molar-refractivity contribution in [2.24, 2.45) is 0 Å². The van der Waals surface area contributed by atoms with Gasteiger partial charge in [-0.25, -0.2) is 0 Å². The molecule has 0 unspecified atom stereocenters. The second kappa shape index (κ2) is 5.17. The zero-order valence-corrected chi connectivity index (χ0v) is 11.0. The minimum absolute atomic E-state index is 0.0693. The van der Waals surface area contributed by atoms with Gasteiger partial charge in [0, 0.05) is 13.1 Å². The quantitative estimate of drug-likeness (QED) is 0.849. The molecule has 0 spiro atoms. The average molecular weight is 265 g/mol. The first-order chi connectivity index (χ1) is 8.83. The van der Waals surface area contributed by atoms with Crippen LogP contribution in [0.25, 0.3) is 0 Å². The Morgan fingerprint density at radius 2 is 2.50 bits per heavy atom. The third-order valence-electron chi connectivity index (χ3n) is 3.03. The Labute approximate surface area is 109 Å². The molecule has 1 aliphatic heterocycles. The van der Waals surface area contributed by atoms with Gasteiger partial charge >= 0.3 is 0 Å². The number of thiophene rings is 1. The van der Waals surface area contributed by atoms with E-state index in [1.165, 1.54) is 5.56 Å². The highest BCUT2D eigenvalue weighted by Gasteiger charge is 2.29. The normalized spacial score (nSPS) is 21.3. The number of hydrogen-bond acceptors (Lipinski definition) is 6. The van der Waals surface area contributed by atoms with Crippen molar-refractivity contribution in [3.05, 3.63) is 34.1 Å². The molecule has 6 heteroatoms. The predicted octanol–water partition coefficient (Wildman–Crippen LogP) is 2.01. The Kier molecular flexibility index (Phi) is 3.40. The van der Waals surface area contributed by atoms with Crippen LogP contribution in [0.15, 0.2) is 21.3 Å². The van der Waals surface area contributed by atoms with Crippen molar-refractivity contribution in [2.75, 3.05) is 19.8 Å². The summed E-state index contributed by atoms with van der Waals surface area (Å²) in [6, 6.07) is 2.22. The lowest BCUT2D eigenvalue weighted by molar-refractivity contribution is -0.0240. The van der Waals surface area contributed by atoms with E-state index in [-0.39, 0.29) is 6.04 Å². The van der Waals surface area contributed by atoms with E-state index >= 15 is 0 Å². The maximum Gasteiger partial charge on any atom is 0.246 e. The summed E-state index contributed by atoms with van der Waals surface area (Å²) in [6.45, 7) is 5.00. The Bertz CT molecular complexity index is 497. The topological polar surface area (TPSA) is 51.4 Å². The van der Waals surface area contributed by atoms with Gasteiger partial charge in [-0.15, -0.1) is 0 Å². The summed E-state index contributed by atoms with van der Waals surface area (Å²) in [5.74, 6) is 1.33. The zero-order chi connectivity index (χ0) is 12.4. The summed E-state index contributed by atoms with van der Waals surface area (Å²) in [5, 5.41) is 8.13. The molecule has 0 amide bonds. The van der Waals surface area contributed by atoms with Crippen molar-refractivity contribution < 1.29 is 9.26 Å². The number of hydrogen-bond donors (Lipinski definition) is 0. The van der Waals surface area contributed by atoms with Crippen LogP contribution in [0.5, 0.6) is 0 Å². The van der Waals surface area contributed by atoms with Crippen LogP contribution in [0.2, 0.25) is 0 Å². The second-order valence-electron chi connectivity index (χ2n) is 4.37. The molecule has 3 heterocycles. The highest BCUT2D eigenvalue weighted by Crippen LogP contribution is 2.25. The molecule has 0 bridgehead atoms. The van der Waals surface area contributed by atoms with Gasteiger partial charge in [-0.05, 0) is 29.3 Å². The third-order valence-corrected chi connectivity index (χ3v) is 3.77. The minimum Gasteiger partial charge on any atom is -0.378 e. The van der Waals surface area contributed by atoms with E-state index in [9.17, 15) is 0 Å². The summed E-state index contributed by atoms with van der Waals surface area (Å²) >= 11 is 1.72. The van der Waals surface area contributed by atoms with E-state index in [4.69, 9.17) is 9.26 Å². The van der Waals surface area contributed by atoms with E-state index in [1.54, 1.807) is 11.3 Å². The van der Waals surface area contributed by atoms with Crippen molar-refractivity contribution >= 4 is 11.3 Å². The van der Waals surface area contributed by atoms with Crippen molar-refractivity contribution in [3.63, 3.8) is 0 Å². The molecule has 5 nitrogen and oxygen atoms in total. The van der Waals surface area contributed by atoms with Crippen LogP contribution in [-0.2, 0) is 11.3 Å². The van der Waals surface area contributed by atoms with Crippen LogP contribution >= 0.6 is 11.3 Å². The van der Waals surface area contributed by atoms with Gasteiger partial charge in [0.15, 0.2) is 5.82 Å². The largest absolute Gasteiger partial charge is 0.378 e. The fourth-order valence-electron chi connectivity index (χ4n) is 2.12. The number of nitrogens with zero attached hydrogens (tertiary/aromatic N) is 3. The average Bonchev–Trinajstić information content (AvgIpc) is 3.02. The van der Waals surface area contributed by atoms with Crippen LogP contribution in [0.4, 0.5) is 0 Å². The molecule has 0 N–H and O–H groups in total. The summed E-state index contributed by atoms with van der Waals surface area (Å²) in [5.41, 5.74) is 1.32. The first-order valence-electron chi connectivity index (χ1n) is 5.96. The number of aromatic nitrogens is 2. The van der Waals surface area contributed by atoms with Gasteiger partial charge in [-0.3, -0.25) is 4.90 Å². The first kappa shape index (κ1) is 11.8. The molecule has 0 saturated carbocycles. The Morgan fingerprint density at radius 3 is 3.22 bits per heavy atom. The van der Waals surface area contributed by atoms with E-state index in [0.717, 1.165) is 19.7 Å². The lowest BCUT2D eigenvalue weighted by atomic mass is 10.2. The van der Waals surface area contributed by atoms with E-state index < -0.39 is 0 Å². The molecule has 96 valence electrons. The van der Waals surface area contributed by atoms with Crippen molar-refractivity contribution in [2.45, 2.75) is 19.5 Å². The predicted molar refractivity (Wildman–Crippen MR) is 67.3 cm³/mol. The van der Waals surface area contributed by atoms with E-state index in [1.807, 2.05) is 6.92 Å². The highest BCUT2D eigenvalue weighted by atomic mass is 32.1. The summed E-state index contributed by atoms with van der Waals surface area (Å²) in [7, 11) is 0. The SMILES string of the molecule is Cc1noc([C@@H]2COCCN2Cc2ccsc2)n1. The van der Waals surface area contributed by atoms with Gasteiger partial charge in [0.1, 0.15) is 6.04 Å². The fraction of sp³-hybridized carbons (Fsp3) is 0.500. The lowest BCUT2D eigenvalue weighted by Crippen LogP contribution is -2.39. The van der Waals surface area contributed by atoms with Gasteiger partial charge in [0.05, 0.1) is 13.2 Å². The summed E-state index contributed by atoms with van der Waals surface area (Å²) in [4.78, 5) is 6.65. The Balaban J connectivity index is 1.77. The van der Waals surface area contributed by atoms with Crippen molar-refractivity contribution in [3.8, 4) is 0 Å². The number of aryl methyl sites for hydroxylation is 1. The Hall–Kier alpha value is -1.24. The zero-order valence-electron chi connectivity index (χ0n) is 10.2. The maximum atomic E-state index is 5.53. The van der Waals surface area contributed by atoms with Gasteiger partial charge < -0.3 is 9.26 Å². The number of morpholine rings is 1. The van der Waals surface area contributed by atoms with Crippen molar-refractivity contribution in [1.82, 2.24) is 15.0 Å². The number of ether oxygens (including phenoxy) is 1.